The summed E-state index contributed by atoms with van der Waals surface area (Å²) in [5, 5.41) is 6.72. The highest BCUT2D eigenvalue weighted by Crippen LogP contribution is 2.18. The molecule has 2 N–H and O–H groups in total. The highest BCUT2D eigenvalue weighted by Gasteiger charge is 2.09. The first-order valence-corrected chi connectivity index (χ1v) is 8.91. The molecule has 5 heteroatoms. The van der Waals surface area contributed by atoms with Gasteiger partial charge in [0, 0.05) is 18.8 Å². The Morgan fingerprint density at radius 2 is 1.96 bits per heavy atom. The van der Waals surface area contributed by atoms with Crippen molar-refractivity contribution in [2.45, 2.75) is 32.9 Å². The number of rotatable bonds is 9. The largest absolute Gasteiger partial charge is 0.379 e. The van der Waals surface area contributed by atoms with E-state index < -0.39 is 0 Å². The Bertz CT molecular complexity index is 689. The second-order valence-electron chi connectivity index (χ2n) is 6.08. The summed E-state index contributed by atoms with van der Waals surface area (Å²) in [4.78, 5) is 12.3. The number of nitrogens with one attached hydrogen (secondary N) is 2. The van der Waals surface area contributed by atoms with Crippen LogP contribution in [0.15, 0.2) is 48.5 Å². The second kappa shape index (κ2) is 10.2. The lowest BCUT2D eigenvalue weighted by molar-refractivity contribution is 0.0770. The van der Waals surface area contributed by atoms with Gasteiger partial charge in [-0.2, -0.15) is 0 Å². The highest BCUT2D eigenvalue weighted by molar-refractivity contribution is 6.34. The SMILES string of the molecule is CC(C)OCCCNCc1cccc(NC(=O)c2ccccc2Cl)c1. The molecule has 25 heavy (non-hydrogen) atoms. The van der Waals surface area contributed by atoms with Crippen LogP contribution in [0.3, 0.4) is 0 Å². The number of carbonyl (C=O) groups is 1. The minimum absolute atomic E-state index is 0.207. The number of benzene rings is 2. The fourth-order valence-corrected chi connectivity index (χ4v) is 2.57. The van der Waals surface area contributed by atoms with Crippen molar-refractivity contribution in [3.05, 3.63) is 64.7 Å². The average Bonchev–Trinajstić information content (AvgIpc) is 2.58. The molecular formula is C20H25ClN2O2. The van der Waals surface area contributed by atoms with Crippen LogP contribution >= 0.6 is 11.6 Å². The molecule has 1 amide bonds. The second-order valence-corrected chi connectivity index (χ2v) is 6.49. The molecule has 0 spiro atoms. The fourth-order valence-electron chi connectivity index (χ4n) is 2.35. The summed E-state index contributed by atoms with van der Waals surface area (Å²) in [5.41, 5.74) is 2.34. The summed E-state index contributed by atoms with van der Waals surface area (Å²) in [6.07, 6.45) is 1.25. The van der Waals surface area contributed by atoms with Crippen molar-refractivity contribution in [3.8, 4) is 0 Å². The van der Waals surface area contributed by atoms with Crippen molar-refractivity contribution in [2.24, 2.45) is 0 Å². The summed E-state index contributed by atoms with van der Waals surface area (Å²) in [5.74, 6) is -0.207. The molecule has 0 saturated carbocycles. The van der Waals surface area contributed by atoms with Gasteiger partial charge < -0.3 is 15.4 Å². The third-order valence-electron chi connectivity index (χ3n) is 3.58. The normalized spacial score (nSPS) is 10.9. The summed E-state index contributed by atoms with van der Waals surface area (Å²) >= 11 is 6.07. The van der Waals surface area contributed by atoms with E-state index in [0.717, 1.165) is 37.4 Å². The molecule has 0 saturated heterocycles. The van der Waals surface area contributed by atoms with Crippen molar-refractivity contribution in [1.82, 2.24) is 5.32 Å². The van der Waals surface area contributed by atoms with E-state index in [4.69, 9.17) is 16.3 Å². The molecule has 2 aromatic rings. The van der Waals surface area contributed by atoms with Gasteiger partial charge in [-0.1, -0.05) is 35.9 Å². The van der Waals surface area contributed by atoms with Gasteiger partial charge >= 0.3 is 0 Å². The molecule has 0 heterocycles. The van der Waals surface area contributed by atoms with Gasteiger partial charge in [0.05, 0.1) is 16.7 Å². The van der Waals surface area contributed by atoms with Crippen LogP contribution in [-0.2, 0) is 11.3 Å². The monoisotopic (exact) mass is 360 g/mol. The van der Waals surface area contributed by atoms with Gasteiger partial charge in [0.2, 0.25) is 0 Å². The van der Waals surface area contributed by atoms with Crippen LogP contribution in [0.2, 0.25) is 5.02 Å². The van der Waals surface area contributed by atoms with Gasteiger partial charge in [-0.25, -0.2) is 0 Å². The van der Waals surface area contributed by atoms with Crippen molar-refractivity contribution in [3.63, 3.8) is 0 Å². The first-order chi connectivity index (χ1) is 12.1. The molecule has 0 aromatic heterocycles. The van der Waals surface area contributed by atoms with Gasteiger partial charge in [-0.15, -0.1) is 0 Å². The minimum atomic E-state index is -0.207. The van der Waals surface area contributed by atoms with Crippen molar-refractivity contribution in [1.29, 1.82) is 0 Å². The predicted octanol–water partition coefficient (Wildman–Crippen LogP) is 4.50. The first-order valence-electron chi connectivity index (χ1n) is 8.53. The van der Waals surface area contributed by atoms with Crippen LogP contribution in [0.5, 0.6) is 0 Å². The molecule has 0 aliphatic carbocycles. The zero-order valence-electron chi connectivity index (χ0n) is 14.7. The molecule has 134 valence electrons. The van der Waals surface area contributed by atoms with E-state index in [9.17, 15) is 4.79 Å². The standard InChI is InChI=1S/C20H25ClN2O2/c1-15(2)25-12-6-11-22-14-16-7-5-8-17(13-16)23-20(24)18-9-3-4-10-19(18)21/h3-5,7-10,13,15,22H,6,11-12,14H2,1-2H3,(H,23,24). The first kappa shape index (κ1) is 19.4. The van der Waals surface area contributed by atoms with Gasteiger partial charge in [-0.05, 0) is 56.6 Å². The van der Waals surface area contributed by atoms with E-state index in [2.05, 4.69) is 10.6 Å². The molecule has 0 aliphatic rings. The quantitative estimate of drug-likeness (QED) is 0.647. The highest BCUT2D eigenvalue weighted by atomic mass is 35.5. The van der Waals surface area contributed by atoms with Gasteiger partial charge in [0.1, 0.15) is 0 Å². The Hall–Kier alpha value is -1.88. The summed E-state index contributed by atoms with van der Waals surface area (Å²) < 4.78 is 5.51. The maximum Gasteiger partial charge on any atom is 0.257 e. The smallest absolute Gasteiger partial charge is 0.257 e. The average molecular weight is 361 g/mol. The molecule has 0 atom stereocenters. The summed E-state index contributed by atoms with van der Waals surface area (Å²) in [7, 11) is 0. The molecule has 0 aliphatic heterocycles. The van der Waals surface area contributed by atoms with Crippen molar-refractivity contribution < 1.29 is 9.53 Å². The molecule has 2 rings (SSSR count). The Morgan fingerprint density at radius 1 is 1.16 bits per heavy atom. The maximum atomic E-state index is 12.3. The van der Waals surface area contributed by atoms with Gasteiger partial charge in [0.15, 0.2) is 0 Å². The molecule has 0 fully saturated rings. The van der Waals surface area contributed by atoms with E-state index in [1.165, 1.54) is 0 Å². The Morgan fingerprint density at radius 3 is 2.72 bits per heavy atom. The minimum Gasteiger partial charge on any atom is -0.379 e. The summed E-state index contributed by atoms with van der Waals surface area (Å²) in [6, 6.07) is 14.8. The number of ether oxygens (including phenoxy) is 1. The molecule has 0 bridgehead atoms. The lowest BCUT2D eigenvalue weighted by Gasteiger charge is -2.10. The fraction of sp³-hybridized carbons (Fsp3) is 0.350. The molecule has 0 unspecified atom stereocenters. The van der Waals surface area contributed by atoms with Crippen molar-refractivity contribution in [2.75, 3.05) is 18.5 Å². The lowest BCUT2D eigenvalue weighted by atomic mass is 10.1. The Balaban J connectivity index is 1.82. The van der Waals surface area contributed by atoms with Crippen LogP contribution < -0.4 is 10.6 Å². The van der Waals surface area contributed by atoms with Crippen LogP contribution in [0, 0.1) is 0 Å². The van der Waals surface area contributed by atoms with Crippen LogP contribution in [0.4, 0.5) is 5.69 Å². The number of hydrogen-bond acceptors (Lipinski definition) is 3. The Kier molecular flexibility index (Phi) is 7.92. The number of anilines is 1. The molecule has 4 nitrogen and oxygen atoms in total. The Labute approximate surface area is 154 Å². The van der Waals surface area contributed by atoms with Gasteiger partial charge in [-0.3, -0.25) is 4.79 Å². The van der Waals surface area contributed by atoms with Crippen LogP contribution in [-0.4, -0.2) is 25.2 Å². The zero-order chi connectivity index (χ0) is 18.1. The van der Waals surface area contributed by atoms with Crippen LogP contribution in [0.25, 0.3) is 0 Å². The summed E-state index contributed by atoms with van der Waals surface area (Å²) in [6.45, 7) is 6.48. The van der Waals surface area contributed by atoms with E-state index in [1.807, 2.05) is 38.1 Å². The molecule has 0 radical (unpaired) electrons. The maximum absolute atomic E-state index is 12.3. The topological polar surface area (TPSA) is 50.4 Å². The van der Waals surface area contributed by atoms with Crippen molar-refractivity contribution >= 4 is 23.2 Å². The third-order valence-corrected chi connectivity index (χ3v) is 3.91. The third kappa shape index (κ3) is 6.86. The van der Waals surface area contributed by atoms with E-state index in [1.54, 1.807) is 24.3 Å². The van der Waals surface area contributed by atoms with E-state index >= 15 is 0 Å². The predicted molar refractivity (Wildman–Crippen MR) is 103 cm³/mol. The van der Waals surface area contributed by atoms with E-state index in [0.29, 0.717) is 10.6 Å². The molecule has 2 aromatic carbocycles. The number of halogens is 1. The molecular weight excluding hydrogens is 336 g/mol. The lowest BCUT2D eigenvalue weighted by Crippen LogP contribution is -2.17. The number of amides is 1. The van der Waals surface area contributed by atoms with Gasteiger partial charge in [0.25, 0.3) is 5.91 Å². The van der Waals surface area contributed by atoms with E-state index in [-0.39, 0.29) is 12.0 Å². The zero-order valence-corrected chi connectivity index (χ0v) is 15.5. The number of carbonyl (C=O) groups excluding carboxylic acids is 1. The van der Waals surface area contributed by atoms with Crippen LogP contribution in [0.1, 0.15) is 36.2 Å². The number of hydrogen-bond donors (Lipinski definition) is 2.